The summed E-state index contributed by atoms with van der Waals surface area (Å²) in [4.78, 5) is 0. The molecule has 0 aliphatic carbocycles. The van der Waals surface area contributed by atoms with Gasteiger partial charge in [0.05, 0.1) is 0 Å². The van der Waals surface area contributed by atoms with Crippen molar-refractivity contribution in [3.63, 3.8) is 0 Å². The van der Waals surface area contributed by atoms with Gasteiger partial charge in [-0.05, 0) is 12.5 Å². The summed E-state index contributed by atoms with van der Waals surface area (Å²) in [5, 5.41) is 0. The maximum Gasteiger partial charge on any atom is -0.0337 e. The molecule has 2 heteroatoms. The second-order valence-corrected chi connectivity index (χ2v) is 5.37. The maximum absolute atomic E-state index is 3.38. The first-order valence-electron chi connectivity index (χ1n) is 1.12. The van der Waals surface area contributed by atoms with Gasteiger partial charge in [0.2, 0.25) is 0 Å². The highest BCUT2D eigenvalue weighted by molar-refractivity contribution is 8.55. The zero-order chi connectivity index (χ0) is 3.58. The second-order valence-electron chi connectivity index (χ2n) is 0.894. The smallest absolute Gasteiger partial charge is 0.0337 e. The molecule has 0 aromatic heterocycles. The summed E-state index contributed by atoms with van der Waals surface area (Å²) in [6, 6.07) is 0. The number of hydrogen-bond donors (Lipinski definition) is 1. The average Bonchev–Trinajstić information content (AvgIpc) is 0.811. The van der Waals surface area contributed by atoms with Gasteiger partial charge in [-0.25, -0.2) is 10.5 Å². The Morgan fingerprint density at radius 3 is 1.50 bits per heavy atom. The molecule has 0 aromatic carbocycles. The van der Waals surface area contributed by atoms with E-state index >= 15 is 0 Å². The molecule has 0 aromatic rings. The van der Waals surface area contributed by atoms with Crippen LogP contribution in [0.3, 0.4) is 0 Å². The van der Waals surface area contributed by atoms with E-state index in [1.165, 1.54) is 0 Å². The molecule has 0 fully saturated rings. The fraction of sp³-hybridized carbons (Fsp3) is 1.00. The van der Waals surface area contributed by atoms with Gasteiger partial charge in [0.25, 0.3) is 0 Å². The molecule has 0 saturated carbocycles. The first-order valence-corrected chi connectivity index (χ1v) is 4.70. The number of rotatable bonds is 0. The highest BCUT2D eigenvalue weighted by atomic mass is 32.7. The van der Waals surface area contributed by atoms with E-state index in [1.54, 1.807) is 0 Å². The summed E-state index contributed by atoms with van der Waals surface area (Å²) in [5.74, 6) is 0. The Morgan fingerprint density at radius 2 is 1.50 bits per heavy atom. The van der Waals surface area contributed by atoms with E-state index in [0.717, 1.165) is 0 Å². The van der Waals surface area contributed by atoms with E-state index in [2.05, 4.69) is 21.0 Å². The fourth-order valence-electron chi connectivity index (χ4n) is 0. The Morgan fingerprint density at radius 1 is 1.50 bits per heavy atom. The lowest BCUT2D eigenvalue weighted by atomic mass is 11.9. The van der Waals surface area contributed by atoms with E-state index in [-0.39, 0.29) is 10.5 Å². The molecule has 0 rings (SSSR count). The summed E-state index contributed by atoms with van der Waals surface area (Å²) in [6.45, 7) is 0. The predicted octanol–water partition coefficient (Wildman–Crippen LogP) is 1.30. The van der Waals surface area contributed by atoms with Crippen LogP contribution in [-0.2, 0) is 0 Å². The largest absolute Gasteiger partial charge is 0.237 e. The van der Waals surface area contributed by atoms with Crippen LogP contribution < -0.4 is 0 Å². The zero-order valence-corrected chi connectivity index (χ0v) is 4.84. The van der Waals surface area contributed by atoms with Gasteiger partial charge in [-0.3, -0.25) is 0 Å². The minimum absolute atomic E-state index is 0.185. The molecular formula is C2H8PS. The molecule has 0 bridgehead atoms. The van der Waals surface area contributed by atoms with E-state index in [0.29, 0.717) is 0 Å². The van der Waals surface area contributed by atoms with Crippen LogP contribution in [0.4, 0.5) is 0 Å². The third-order valence-corrected chi connectivity index (χ3v) is 0. The van der Waals surface area contributed by atoms with Gasteiger partial charge < -0.3 is 0 Å². The molecular weight excluding hydrogens is 87.1 g/mol. The Labute approximate surface area is 32.3 Å². The monoisotopic (exact) mass is 95.0 g/mol. The molecule has 0 nitrogen and oxygen atoms in total. The molecule has 0 atom stereocenters. The van der Waals surface area contributed by atoms with Crippen molar-refractivity contribution < 1.29 is 0 Å². The van der Waals surface area contributed by atoms with Crippen molar-refractivity contribution in [2.75, 3.05) is 12.5 Å². The van der Waals surface area contributed by atoms with Gasteiger partial charge in [-0.1, -0.05) is 8.44 Å². The molecule has 0 saturated heterocycles. The topological polar surface area (TPSA) is 0 Å². The van der Waals surface area contributed by atoms with E-state index < -0.39 is 0 Å². The Balaban J connectivity index is 2.32. The van der Waals surface area contributed by atoms with Gasteiger partial charge in [0, 0.05) is 0 Å². The molecule has 0 amide bonds. The predicted molar refractivity (Wildman–Crippen MR) is 29.1 cm³/mol. The lowest BCUT2D eigenvalue weighted by Crippen LogP contribution is -1.42. The minimum Gasteiger partial charge on any atom is -0.237 e. The number of hydrogen-bond acceptors (Lipinski definition) is 0. The maximum atomic E-state index is 3.38. The molecule has 4 heavy (non-hydrogen) atoms. The van der Waals surface area contributed by atoms with Crippen LogP contribution in [0.15, 0.2) is 0 Å². The standard InChI is InChI=1S/C2H8PS/c1-4(2)3/h3-4H,1-2H3. The van der Waals surface area contributed by atoms with E-state index in [4.69, 9.17) is 0 Å². The van der Waals surface area contributed by atoms with Crippen molar-refractivity contribution in [2.24, 2.45) is 0 Å². The van der Waals surface area contributed by atoms with Crippen molar-refractivity contribution in [1.82, 2.24) is 0 Å². The Bertz CT molecular complexity index is 10.8. The third kappa shape index (κ3) is 14.5. The van der Waals surface area contributed by atoms with Gasteiger partial charge >= 0.3 is 0 Å². The zero-order valence-electron chi connectivity index (χ0n) is 2.95. The fourth-order valence-corrected chi connectivity index (χ4v) is 0. The lowest BCUT2D eigenvalue weighted by molar-refractivity contribution is 2.36. The molecule has 0 aliphatic rings. The molecule has 27 valence electrons. The van der Waals surface area contributed by atoms with Crippen LogP contribution in [-0.4, -0.2) is 12.5 Å². The quantitative estimate of drug-likeness (QED) is 0.340. The van der Waals surface area contributed by atoms with Crippen LogP contribution in [0.2, 0.25) is 0 Å². The minimum atomic E-state index is 0.185. The van der Waals surface area contributed by atoms with Crippen LogP contribution >= 0.6 is 19.0 Å². The van der Waals surface area contributed by atoms with Gasteiger partial charge in [0.1, 0.15) is 0 Å². The molecule has 0 spiro atoms. The molecule has 0 aliphatic heterocycles. The second kappa shape index (κ2) is 2.04. The van der Waals surface area contributed by atoms with E-state index in [9.17, 15) is 0 Å². The highest BCUT2D eigenvalue weighted by Gasteiger charge is 1.60. The average molecular weight is 95.1 g/mol. The van der Waals surface area contributed by atoms with Gasteiger partial charge in [0.15, 0.2) is 0 Å². The Hall–Kier alpha value is 0.780. The van der Waals surface area contributed by atoms with Gasteiger partial charge in [-0.15, -0.1) is 0 Å². The SMILES string of the molecule is C[SH](C)[PH]. The van der Waals surface area contributed by atoms with Gasteiger partial charge in [-0.2, -0.15) is 0 Å². The first-order chi connectivity index (χ1) is 1.73. The molecule has 0 heterocycles. The first kappa shape index (κ1) is 4.78. The molecule has 0 unspecified atom stereocenters. The Kier molecular flexibility index (Phi) is 2.44. The summed E-state index contributed by atoms with van der Waals surface area (Å²) >= 11 is 0. The highest BCUT2D eigenvalue weighted by Crippen LogP contribution is 2.22. The van der Waals surface area contributed by atoms with Crippen molar-refractivity contribution in [3.05, 3.63) is 0 Å². The third-order valence-electron chi connectivity index (χ3n) is 0. The molecule has 1 radical (unpaired) electrons. The van der Waals surface area contributed by atoms with Crippen LogP contribution in [0.5, 0.6) is 0 Å². The summed E-state index contributed by atoms with van der Waals surface area (Å²) in [5.41, 5.74) is 0. The summed E-state index contributed by atoms with van der Waals surface area (Å²) in [7, 11) is 3.56. The van der Waals surface area contributed by atoms with Crippen molar-refractivity contribution in [1.29, 1.82) is 0 Å². The van der Waals surface area contributed by atoms with Crippen molar-refractivity contribution in [3.8, 4) is 0 Å². The lowest BCUT2D eigenvalue weighted by Gasteiger charge is -1.87. The summed E-state index contributed by atoms with van der Waals surface area (Å²) < 4.78 is 0. The number of thiol groups is 1. The normalized spacial score (nSPS) is 11.2. The van der Waals surface area contributed by atoms with Crippen molar-refractivity contribution in [2.45, 2.75) is 0 Å². The molecule has 0 N–H and O–H groups in total. The van der Waals surface area contributed by atoms with Crippen LogP contribution in [0, 0.1) is 0 Å². The van der Waals surface area contributed by atoms with Crippen LogP contribution in [0.25, 0.3) is 0 Å². The van der Waals surface area contributed by atoms with Crippen LogP contribution in [0.1, 0.15) is 0 Å². The van der Waals surface area contributed by atoms with Crippen molar-refractivity contribution >= 4 is 19.0 Å². The summed E-state index contributed by atoms with van der Waals surface area (Å²) in [6.07, 6.45) is 4.29. The van der Waals surface area contributed by atoms with E-state index in [1.807, 2.05) is 0 Å².